The van der Waals surface area contributed by atoms with Crippen molar-refractivity contribution in [2.45, 2.75) is 18.6 Å². The monoisotopic (exact) mass is 350 g/mol. The highest BCUT2D eigenvalue weighted by atomic mass is 32.2. The second-order valence-corrected chi connectivity index (χ2v) is 6.29. The molecule has 1 N–H and O–H groups in total. The van der Waals surface area contributed by atoms with Crippen molar-refractivity contribution in [2.24, 2.45) is 0 Å². The Morgan fingerprint density at radius 1 is 1.41 bits per heavy atom. The molecule has 2 aromatic rings. The van der Waals surface area contributed by atoms with Crippen molar-refractivity contribution in [1.29, 1.82) is 0 Å². The number of anilines is 1. The van der Waals surface area contributed by atoms with E-state index in [9.17, 15) is 18.0 Å². The predicted octanol–water partition coefficient (Wildman–Crippen LogP) is 3.29. The average molecular weight is 350 g/mol. The second-order valence-electron chi connectivity index (χ2n) is 4.33. The van der Waals surface area contributed by atoms with Gasteiger partial charge in [0, 0.05) is 12.4 Å². The number of halogens is 3. The van der Waals surface area contributed by atoms with Crippen LogP contribution in [0.4, 0.5) is 18.3 Å². The molecule has 0 saturated carbocycles. The summed E-state index contributed by atoms with van der Waals surface area (Å²) < 4.78 is 39.1. The topological polar surface area (TPSA) is 59.8 Å². The standard InChI is InChI=1S/C12H13F3N4OS2/c1-21-7-4-8(19-5-2-3-6-19)9(20)16-11-18-17-10(22-11)12(13,14)15/h2-3,5-6,8H,4,7H2,1H3,(H,16,18,20)/t8-/m1/s1. The number of aromatic nitrogens is 3. The Kier molecular flexibility index (Phi) is 5.46. The fourth-order valence-electron chi connectivity index (χ4n) is 1.78. The lowest BCUT2D eigenvalue weighted by atomic mass is 10.2. The van der Waals surface area contributed by atoms with E-state index in [2.05, 4.69) is 15.5 Å². The molecule has 0 aliphatic rings. The first kappa shape index (κ1) is 16.8. The van der Waals surface area contributed by atoms with E-state index < -0.39 is 23.1 Å². The highest BCUT2D eigenvalue weighted by molar-refractivity contribution is 7.98. The van der Waals surface area contributed by atoms with Crippen molar-refractivity contribution in [3.8, 4) is 0 Å². The maximum atomic E-state index is 12.5. The van der Waals surface area contributed by atoms with E-state index in [0.29, 0.717) is 17.8 Å². The summed E-state index contributed by atoms with van der Waals surface area (Å²) in [5.41, 5.74) is 0. The number of thioether (sulfide) groups is 1. The Morgan fingerprint density at radius 3 is 2.64 bits per heavy atom. The number of nitrogens with one attached hydrogen (secondary N) is 1. The maximum Gasteiger partial charge on any atom is 0.445 e. The summed E-state index contributed by atoms with van der Waals surface area (Å²) in [6.07, 6.45) is 1.41. The molecule has 0 radical (unpaired) electrons. The van der Waals surface area contributed by atoms with Crippen LogP contribution in [0, 0.1) is 0 Å². The summed E-state index contributed by atoms with van der Waals surface area (Å²) in [6, 6.07) is 3.07. The van der Waals surface area contributed by atoms with Crippen molar-refractivity contribution in [1.82, 2.24) is 14.8 Å². The molecule has 0 bridgehead atoms. The highest BCUT2D eigenvalue weighted by Gasteiger charge is 2.36. The number of rotatable bonds is 6. The van der Waals surface area contributed by atoms with E-state index in [4.69, 9.17) is 0 Å². The molecule has 0 aromatic carbocycles. The fourth-order valence-corrected chi connectivity index (χ4v) is 2.85. The molecule has 1 amide bonds. The Balaban J connectivity index is 2.09. The SMILES string of the molecule is CSCC[C@H](C(=O)Nc1nnc(C(F)(F)F)s1)n1cccc1. The smallest absolute Gasteiger partial charge is 0.342 e. The third kappa shape index (κ3) is 4.23. The lowest BCUT2D eigenvalue weighted by molar-refractivity contribution is -0.138. The van der Waals surface area contributed by atoms with Crippen molar-refractivity contribution >= 4 is 34.1 Å². The molecule has 0 spiro atoms. The molecule has 5 nitrogen and oxygen atoms in total. The molecule has 0 saturated heterocycles. The molecule has 2 aromatic heterocycles. The Labute approximate surface area is 132 Å². The van der Waals surface area contributed by atoms with E-state index in [1.807, 2.05) is 6.26 Å². The van der Waals surface area contributed by atoms with Crippen molar-refractivity contribution in [3.63, 3.8) is 0 Å². The van der Waals surface area contributed by atoms with Crippen LogP contribution >= 0.6 is 23.1 Å². The van der Waals surface area contributed by atoms with Gasteiger partial charge in [-0.1, -0.05) is 11.3 Å². The van der Waals surface area contributed by atoms with Crippen molar-refractivity contribution in [2.75, 3.05) is 17.3 Å². The number of nitrogens with zero attached hydrogens (tertiary/aromatic N) is 3. The normalized spacial score (nSPS) is 13.1. The first-order valence-electron chi connectivity index (χ1n) is 6.24. The third-order valence-electron chi connectivity index (χ3n) is 2.78. The minimum atomic E-state index is -4.56. The van der Waals surface area contributed by atoms with Gasteiger partial charge in [-0.25, -0.2) is 0 Å². The molecule has 1 atom stereocenters. The lowest BCUT2D eigenvalue weighted by Gasteiger charge is -2.17. The van der Waals surface area contributed by atoms with Crippen LogP contribution < -0.4 is 5.32 Å². The third-order valence-corrected chi connectivity index (χ3v) is 4.31. The summed E-state index contributed by atoms with van der Waals surface area (Å²) in [4.78, 5) is 12.3. The molecule has 120 valence electrons. The zero-order chi connectivity index (χ0) is 16.2. The van der Waals surface area contributed by atoms with Crippen LogP contribution in [-0.4, -0.2) is 32.7 Å². The minimum absolute atomic E-state index is 0.154. The molecular formula is C12H13F3N4OS2. The molecule has 10 heteroatoms. The van der Waals surface area contributed by atoms with E-state index in [1.54, 1.807) is 40.9 Å². The number of carbonyl (C=O) groups is 1. The van der Waals surface area contributed by atoms with Gasteiger partial charge in [0.25, 0.3) is 0 Å². The number of alkyl halides is 3. The molecule has 22 heavy (non-hydrogen) atoms. The Bertz CT molecular complexity index is 612. The first-order valence-corrected chi connectivity index (χ1v) is 8.46. The first-order chi connectivity index (χ1) is 10.4. The zero-order valence-electron chi connectivity index (χ0n) is 11.5. The molecule has 0 fully saturated rings. The van der Waals surface area contributed by atoms with Crippen LogP contribution in [0.2, 0.25) is 0 Å². The van der Waals surface area contributed by atoms with Gasteiger partial charge in [-0.3, -0.25) is 10.1 Å². The van der Waals surface area contributed by atoms with Gasteiger partial charge in [0.1, 0.15) is 6.04 Å². The van der Waals surface area contributed by atoms with Gasteiger partial charge in [-0.15, -0.1) is 10.2 Å². The van der Waals surface area contributed by atoms with Crippen LogP contribution in [0.1, 0.15) is 17.5 Å². The Morgan fingerprint density at radius 2 is 2.09 bits per heavy atom. The lowest BCUT2D eigenvalue weighted by Crippen LogP contribution is -2.25. The van der Waals surface area contributed by atoms with Crippen molar-refractivity contribution < 1.29 is 18.0 Å². The van der Waals surface area contributed by atoms with Crippen LogP contribution in [-0.2, 0) is 11.0 Å². The number of carbonyl (C=O) groups excluding carboxylic acids is 1. The second kappa shape index (κ2) is 7.14. The molecule has 2 heterocycles. The summed E-state index contributed by atoms with van der Waals surface area (Å²) in [7, 11) is 0. The van der Waals surface area contributed by atoms with Gasteiger partial charge in [0.05, 0.1) is 0 Å². The molecule has 0 aliphatic heterocycles. The molecule has 0 aliphatic carbocycles. The number of hydrogen-bond acceptors (Lipinski definition) is 5. The summed E-state index contributed by atoms with van der Waals surface area (Å²) >= 11 is 1.90. The number of hydrogen-bond donors (Lipinski definition) is 1. The van der Waals surface area contributed by atoms with E-state index >= 15 is 0 Å². The van der Waals surface area contributed by atoms with Gasteiger partial charge in [-0.05, 0) is 30.6 Å². The predicted molar refractivity (Wildman–Crippen MR) is 80.0 cm³/mol. The molecule has 0 unspecified atom stereocenters. The minimum Gasteiger partial charge on any atom is -0.342 e. The average Bonchev–Trinajstić information content (AvgIpc) is 3.09. The largest absolute Gasteiger partial charge is 0.445 e. The summed E-state index contributed by atoms with van der Waals surface area (Å²) in [5.74, 6) is 0.343. The van der Waals surface area contributed by atoms with E-state index in [0.717, 1.165) is 5.75 Å². The maximum absolute atomic E-state index is 12.5. The van der Waals surface area contributed by atoms with Crippen LogP contribution in [0.3, 0.4) is 0 Å². The number of amides is 1. The van der Waals surface area contributed by atoms with Gasteiger partial charge in [0.2, 0.25) is 16.0 Å². The van der Waals surface area contributed by atoms with Gasteiger partial charge in [-0.2, -0.15) is 24.9 Å². The summed E-state index contributed by atoms with van der Waals surface area (Å²) in [6.45, 7) is 0. The summed E-state index contributed by atoms with van der Waals surface area (Å²) in [5, 5.41) is 7.59. The van der Waals surface area contributed by atoms with E-state index in [-0.39, 0.29) is 5.13 Å². The van der Waals surface area contributed by atoms with Gasteiger partial charge in [0.15, 0.2) is 0 Å². The quantitative estimate of drug-likeness (QED) is 0.868. The van der Waals surface area contributed by atoms with Crippen LogP contribution in [0.15, 0.2) is 24.5 Å². The fraction of sp³-hybridized carbons (Fsp3) is 0.417. The van der Waals surface area contributed by atoms with Crippen molar-refractivity contribution in [3.05, 3.63) is 29.5 Å². The zero-order valence-corrected chi connectivity index (χ0v) is 13.1. The van der Waals surface area contributed by atoms with Gasteiger partial charge >= 0.3 is 6.18 Å². The highest BCUT2D eigenvalue weighted by Crippen LogP contribution is 2.33. The molecular weight excluding hydrogens is 337 g/mol. The van der Waals surface area contributed by atoms with Crippen LogP contribution in [0.5, 0.6) is 0 Å². The molecule has 2 rings (SSSR count). The van der Waals surface area contributed by atoms with E-state index in [1.165, 1.54) is 0 Å². The van der Waals surface area contributed by atoms with Crippen LogP contribution in [0.25, 0.3) is 0 Å². The Hall–Kier alpha value is -1.55. The van der Waals surface area contributed by atoms with Gasteiger partial charge < -0.3 is 4.57 Å².